The average Bonchev–Trinajstić information content (AvgIpc) is 2.81. The van der Waals surface area contributed by atoms with Gasteiger partial charge in [-0.2, -0.15) is 0 Å². The Morgan fingerprint density at radius 3 is 2.24 bits per heavy atom. The van der Waals surface area contributed by atoms with Crippen LogP contribution >= 0.6 is 10.5 Å². The number of hydrogen-bond acceptors (Lipinski definition) is 5. The van der Waals surface area contributed by atoms with Crippen LogP contribution < -0.4 is 10.6 Å². The van der Waals surface area contributed by atoms with Crippen molar-refractivity contribution in [1.82, 2.24) is 14.5 Å². The molecule has 2 N–H and O–H groups in total. The van der Waals surface area contributed by atoms with Crippen LogP contribution in [0.1, 0.15) is 24.2 Å². The molecule has 0 radical (unpaired) electrons. The molecule has 0 spiro atoms. The van der Waals surface area contributed by atoms with Crippen molar-refractivity contribution in [3.8, 4) is 0 Å². The first kappa shape index (κ1) is 26.7. The number of carbonyl (C=O) groups excluding carboxylic acids is 2. The van der Waals surface area contributed by atoms with Gasteiger partial charge in [-0.3, -0.25) is 14.5 Å². The van der Waals surface area contributed by atoms with Gasteiger partial charge in [0.25, 0.3) is 5.91 Å². The van der Waals surface area contributed by atoms with E-state index >= 15 is 0 Å². The van der Waals surface area contributed by atoms with Crippen molar-refractivity contribution in [2.24, 2.45) is 0 Å². The predicted octanol–water partition coefficient (Wildman–Crippen LogP) is 2.66. The van der Waals surface area contributed by atoms with Crippen molar-refractivity contribution >= 4 is 43.9 Å². The Balaban J connectivity index is 1.93. The number of benzene rings is 2. The number of hydrogen-bond donors (Lipinski definition) is 2. The van der Waals surface area contributed by atoms with Gasteiger partial charge in [-0.15, -0.1) is 10.5 Å². The van der Waals surface area contributed by atoms with Crippen LogP contribution in [0, 0.1) is 0 Å². The number of nitrogens with zero attached hydrogens (tertiary/aromatic N) is 2. The van der Waals surface area contributed by atoms with Gasteiger partial charge in [0.1, 0.15) is 0 Å². The van der Waals surface area contributed by atoms with E-state index in [0.717, 1.165) is 28.2 Å². The lowest BCUT2D eigenvalue weighted by molar-refractivity contribution is -0.115. The van der Waals surface area contributed by atoms with Crippen molar-refractivity contribution in [2.75, 3.05) is 44.9 Å². The summed E-state index contributed by atoms with van der Waals surface area (Å²) in [6, 6.07) is 13.2. The van der Waals surface area contributed by atoms with Crippen LogP contribution in [-0.2, 0) is 14.8 Å². The second-order valence-electron chi connectivity index (χ2n) is 7.50. The number of sulfonamides is 1. The Kier molecular flexibility index (Phi) is 9.78. The Bertz CT molecular complexity index is 1100. The van der Waals surface area contributed by atoms with Crippen molar-refractivity contribution in [2.45, 2.75) is 23.6 Å². The van der Waals surface area contributed by atoms with Crippen molar-refractivity contribution in [1.29, 1.82) is 0 Å². The van der Waals surface area contributed by atoms with E-state index in [1.54, 1.807) is 0 Å². The van der Waals surface area contributed by atoms with Crippen LogP contribution in [0.3, 0.4) is 0 Å². The minimum Gasteiger partial charge on any atom is -0.343 e. The number of amides is 2. The van der Waals surface area contributed by atoms with Gasteiger partial charge in [0.05, 0.1) is 11.4 Å². The maximum Gasteiger partial charge on any atom is 0.251 e. The van der Waals surface area contributed by atoms with E-state index in [1.165, 1.54) is 38.4 Å². The third kappa shape index (κ3) is 7.50. The zero-order valence-electron chi connectivity index (χ0n) is 19.5. The number of anilines is 1. The zero-order valence-corrected chi connectivity index (χ0v) is 21.1. The maximum atomic E-state index is 12.4. The van der Waals surface area contributed by atoms with Crippen molar-refractivity contribution in [3.63, 3.8) is 0 Å². The summed E-state index contributed by atoms with van der Waals surface area (Å²) in [6.07, 6.45) is 0. The summed E-state index contributed by atoms with van der Waals surface area (Å²) >= 11 is 0. The van der Waals surface area contributed by atoms with E-state index in [9.17, 15) is 18.0 Å². The molecule has 1 atom stereocenters. The Hall–Kier alpha value is -2.53. The van der Waals surface area contributed by atoms with Crippen LogP contribution in [0.25, 0.3) is 0 Å². The van der Waals surface area contributed by atoms with E-state index in [4.69, 9.17) is 0 Å². The minimum absolute atomic E-state index is 0.00936. The SMILES string of the molecule is C=S(CN(CC)CC)c1ccc(NC(=O)CNC(=O)c2cccc(S(=O)(=O)N(C)C)c2)cc1. The molecule has 1 unspecified atom stereocenters. The lowest BCUT2D eigenvalue weighted by Crippen LogP contribution is -2.33. The third-order valence-corrected chi connectivity index (χ3v) is 8.42. The van der Waals surface area contributed by atoms with E-state index in [2.05, 4.69) is 35.3 Å². The largest absolute Gasteiger partial charge is 0.343 e. The summed E-state index contributed by atoms with van der Waals surface area (Å²) in [5, 5.41) is 5.26. The van der Waals surface area contributed by atoms with E-state index < -0.39 is 15.9 Å². The van der Waals surface area contributed by atoms with Crippen molar-refractivity contribution < 1.29 is 18.0 Å². The van der Waals surface area contributed by atoms with Gasteiger partial charge in [0.2, 0.25) is 15.9 Å². The molecule has 180 valence electrons. The quantitative estimate of drug-likeness (QED) is 0.470. The van der Waals surface area contributed by atoms with Gasteiger partial charge in [-0.1, -0.05) is 25.8 Å². The fourth-order valence-corrected chi connectivity index (χ4v) is 5.33. The molecule has 0 saturated carbocycles. The molecule has 0 saturated heterocycles. The lowest BCUT2D eigenvalue weighted by Gasteiger charge is -2.20. The smallest absolute Gasteiger partial charge is 0.251 e. The molecule has 0 fully saturated rings. The first-order valence-electron chi connectivity index (χ1n) is 10.5. The molecule has 2 aromatic rings. The Morgan fingerprint density at radius 1 is 1.03 bits per heavy atom. The molecular weight excluding hydrogens is 460 g/mol. The fraction of sp³-hybridized carbons (Fsp3) is 0.348. The lowest BCUT2D eigenvalue weighted by atomic mass is 10.2. The highest BCUT2D eigenvalue weighted by atomic mass is 32.2. The third-order valence-electron chi connectivity index (χ3n) is 4.99. The summed E-state index contributed by atoms with van der Waals surface area (Å²) in [4.78, 5) is 28.1. The summed E-state index contributed by atoms with van der Waals surface area (Å²) in [6.45, 7) is 5.96. The molecule has 33 heavy (non-hydrogen) atoms. The van der Waals surface area contributed by atoms with Gasteiger partial charge in [-0.25, -0.2) is 12.7 Å². The monoisotopic (exact) mass is 492 g/mol. The van der Waals surface area contributed by atoms with Crippen LogP contribution in [0.2, 0.25) is 0 Å². The normalized spacial score (nSPS) is 12.5. The van der Waals surface area contributed by atoms with Gasteiger partial charge in [0.15, 0.2) is 0 Å². The molecule has 0 heterocycles. The zero-order chi connectivity index (χ0) is 24.6. The second kappa shape index (κ2) is 12.1. The summed E-state index contributed by atoms with van der Waals surface area (Å²) < 4.78 is 25.6. The van der Waals surface area contributed by atoms with Gasteiger partial charge in [-0.05, 0) is 55.6 Å². The minimum atomic E-state index is -3.66. The maximum absolute atomic E-state index is 12.4. The highest BCUT2D eigenvalue weighted by Gasteiger charge is 2.19. The van der Waals surface area contributed by atoms with Crippen molar-refractivity contribution in [3.05, 3.63) is 54.1 Å². The molecule has 0 aliphatic heterocycles. The molecule has 0 aliphatic carbocycles. The highest BCUT2D eigenvalue weighted by Crippen LogP contribution is 2.26. The van der Waals surface area contributed by atoms with Crippen LogP contribution in [-0.4, -0.2) is 74.9 Å². The molecule has 8 nitrogen and oxygen atoms in total. The van der Waals surface area contributed by atoms with Gasteiger partial charge < -0.3 is 10.6 Å². The molecule has 0 bridgehead atoms. The van der Waals surface area contributed by atoms with Gasteiger partial charge in [0, 0.05) is 36.1 Å². The number of rotatable bonds is 11. The molecular formula is C23H32N4O4S2. The molecule has 2 aromatic carbocycles. The number of carbonyl (C=O) groups is 2. The molecule has 0 aromatic heterocycles. The van der Waals surface area contributed by atoms with E-state index in [-0.39, 0.29) is 33.4 Å². The Morgan fingerprint density at radius 2 is 1.67 bits per heavy atom. The topological polar surface area (TPSA) is 98.8 Å². The molecule has 10 heteroatoms. The van der Waals surface area contributed by atoms with E-state index in [1.807, 2.05) is 24.3 Å². The molecule has 2 rings (SSSR count). The fourth-order valence-electron chi connectivity index (χ4n) is 2.91. The van der Waals surface area contributed by atoms with Crippen LogP contribution in [0.4, 0.5) is 5.69 Å². The summed E-state index contributed by atoms with van der Waals surface area (Å²) in [5.74, 6) is 4.23. The van der Waals surface area contributed by atoms with Crippen LogP contribution in [0.15, 0.2) is 58.3 Å². The standard InChI is InChI=1S/C23H32N4O4S2/c1-6-27(7-2)17-32(5)20-13-11-19(12-14-20)25-22(28)16-24-23(29)18-9-8-10-21(15-18)33(30,31)26(3)4/h8-15H,5-7,16-17H2,1-4H3,(H,24,29)(H,25,28). The Labute approximate surface area is 199 Å². The predicted molar refractivity (Wildman–Crippen MR) is 135 cm³/mol. The summed E-state index contributed by atoms with van der Waals surface area (Å²) in [7, 11) is -0.987. The highest BCUT2D eigenvalue weighted by molar-refractivity contribution is 8.14. The first-order valence-corrected chi connectivity index (χ1v) is 13.5. The first-order chi connectivity index (χ1) is 15.6. The molecule has 0 aliphatic rings. The van der Waals surface area contributed by atoms with Gasteiger partial charge >= 0.3 is 0 Å². The number of nitrogens with one attached hydrogen (secondary N) is 2. The van der Waals surface area contributed by atoms with E-state index in [0.29, 0.717) is 5.69 Å². The second-order valence-corrected chi connectivity index (χ2v) is 11.4. The average molecular weight is 493 g/mol. The molecule has 2 amide bonds. The van der Waals surface area contributed by atoms with Crippen LogP contribution in [0.5, 0.6) is 0 Å². The summed E-state index contributed by atoms with van der Waals surface area (Å²) in [5.41, 5.74) is 0.780.